The van der Waals surface area contributed by atoms with Crippen molar-refractivity contribution in [1.82, 2.24) is 5.32 Å². The molecule has 0 bridgehead atoms. The Morgan fingerprint density at radius 1 is 1.33 bits per heavy atom. The molecule has 0 saturated heterocycles. The van der Waals surface area contributed by atoms with E-state index in [-0.39, 0.29) is 11.8 Å². The minimum Gasteiger partial charge on any atom is -0.312 e. The highest BCUT2D eigenvalue weighted by atomic mass is 32.2. The molecule has 0 aromatic heterocycles. The van der Waals surface area contributed by atoms with Crippen LogP contribution in [0.25, 0.3) is 0 Å². The first-order valence-corrected chi connectivity index (χ1v) is 6.62. The van der Waals surface area contributed by atoms with Gasteiger partial charge in [0.15, 0.2) is 9.84 Å². The quantitative estimate of drug-likeness (QED) is 0.784. The van der Waals surface area contributed by atoms with Crippen molar-refractivity contribution in [3.63, 3.8) is 0 Å². The summed E-state index contributed by atoms with van der Waals surface area (Å²) in [6.07, 6.45) is 0. The Bertz CT molecular complexity index is 506. The molecular formula is C11H15NO2S. The van der Waals surface area contributed by atoms with Crippen LogP contribution in [0.3, 0.4) is 0 Å². The Morgan fingerprint density at radius 2 is 2.00 bits per heavy atom. The van der Waals surface area contributed by atoms with Crippen LogP contribution in [0.4, 0.5) is 0 Å². The van der Waals surface area contributed by atoms with E-state index < -0.39 is 9.84 Å². The molecule has 0 aliphatic carbocycles. The maximum absolute atomic E-state index is 11.9. The molecule has 0 fully saturated rings. The molecule has 1 aliphatic rings. The van der Waals surface area contributed by atoms with Gasteiger partial charge in [-0.25, -0.2) is 8.42 Å². The molecule has 4 heteroatoms. The van der Waals surface area contributed by atoms with Crippen molar-refractivity contribution >= 4 is 9.84 Å². The van der Waals surface area contributed by atoms with Gasteiger partial charge >= 0.3 is 0 Å². The second-order valence-corrected chi connectivity index (χ2v) is 6.09. The summed E-state index contributed by atoms with van der Waals surface area (Å²) in [5.41, 5.74) is 2.90. The third-order valence-corrected chi connectivity index (χ3v) is 4.82. The molecular weight excluding hydrogens is 210 g/mol. The predicted octanol–water partition coefficient (Wildman–Crippen LogP) is 1.35. The molecule has 82 valence electrons. The number of rotatable bonds is 1. The normalized spacial score (nSPS) is 22.7. The highest BCUT2D eigenvalue weighted by molar-refractivity contribution is 7.91. The number of benzene rings is 1. The fourth-order valence-corrected chi connectivity index (χ4v) is 4.36. The summed E-state index contributed by atoms with van der Waals surface area (Å²) in [4.78, 5) is 0.535. The Hall–Kier alpha value is -0.870. The summed E-state index contributed by atoms with van der Waals surface area (Å²) >= 11 is 0. The average molecular weight is 225 g/mol. The first-order chi connectivity index (χ1) is 6.95. The lowest BCUT2D eigenvalue weighted by Gasteiger charge is -2.09. The maximum Gasteiger partial charge on any atom is 0.180 e. The molecule has 1 atom stereocenters. The minimum absolute atomic E-state index is 0.0522. The zero-order valence-electron chi connectivity index (χ0n) is 9.16. The van der Waals surface area contributed by atoms with Gasteiger partial charge < -0.3 is 5.32 Å². The standard InChI is InChI=1S/C11H15NO2S/c1-7-4-8(2)11-9(5-7)10(12-3)6-15(11,13)14/h4-5,10,12H,6H2,1-3H3. The van der Waals surface area contributed by atoms with Crippen LogP contribution in [0, 0.1) is 13.8 Å². The first kappa shape index (κ1) is 10.6. The van der Waals surface area contributed by atoms with Crippen molar-refractivity contribution in [1.29, 1.82) is 0 Å². The number of hydrogen-bond acceptors (Lipinski definition) is 3. The molecule has 1 aliphatic heterocycles. The first-order valence-electron chi connectivity index (χ1n) is 4.97. The number of hydrogen-bond donors (Lipinski definition) is 1. The summed E-state index contributed by atoms with van der Waals surface area (Å²) in [7, 11) is -1.28. The second-order valence-electron chi connectivity index (χ2n) is 4.12. The van der Waals surface area contributed by atoms with Crippen molar-refractivity contribution < 1.29 is 8.42 Å². The molecule has 0 spiro atoms. The fraction of sp³-hybridized carbons (Fsp3) is 0.455. The number of nitrogens with one attached hydrogen (secondary N) is 1. The van der Waals surface area contributed by atoms with E-state index in [1.54, 1.807) is 7.05 Å². The van der Waals surface area contributed by atoms with Gasteiger partial charge in [-0.2, -0.15) is 0 Å². The third-order valence-electron chi connectivity index (χ3n) is 2.87. The van der Waals surface area contributed by atoms with Crippen LogP contribution in [0.15, 0.2) is 17.0 Å². The van der Waals surface area contributed by atoms with E-state index in [9.17, 15) is 8.42 Å². The Labute approximate surface area is 90.4 Å². The molecule has 15 heavy (non-hydrogen) atoms. The van der Waals surface area contributed by atoms with E-state index in [4.69, 9.17) is 0 Å². The van der Waals surface area contributed by atoms with Gasteiger partial charge in [-0.05, 0) is 32.0 Å². The molecule has 1 unspecified atom stereocenters. The summed E-state index contributed by atoms with van der Waals surface area (Å²) in [6, 6.07) is 3.84. The minimum atomic E-state index is -3.08. The molecule has 0 amide bonds. The smallest absolute Gasteiger partial charge is 0.180 e. The molecule has 1 aromatic carbocycles. The highest BCUT2D eigenvalue weighted by Crippen LogP contribution is 2.36. The average Bonchev–Trinajstić information content (AvgIpc) is 2.37. The molecule has 1 aromatic rings. The molecule has 3 nitrogen and oxygen atoms in total. The molecule has 1 heterocycles. The van der Waals surface area contributed by atoms with Gasteiger partial charge in [0.25, 0.3) is 0 Å². The van der Waals surface area contributed by atoms with Crippen molar-refractivity contribution in [2.24, 2.45) is 0 Å². The topological polar surface area (TPSA) is 46.2 Å². The molecule has 1 N–H and O–H groups in total. The van der Waals surface area contributed by atoms with Gasteiger partial charge in [0.05, 0.1) is 10.6 Å². The van der Waals surface area contributed by atoms with Gasteiger partial charge in [0.2, 0.25) is 0 Å². The predicted molar refractivity (Wildman–Crippen MR) is 59.8 cm³/mol. The number of sulfone groups is 1. The second kappa shape index (κ2) is 3.32. The van der Waals surface area contributed by atoms with Crippen LogP contribution < -0.4 is 5.32 Å². The van der Waals surface area contributed by atoms with E-state index in [2.05, 4.69) is 5.32 Å². The van der Waals surface area contributed by atoms with E-state index in [0.29, 0.717) is 4.90 Å². The van der Waals surface area contributed by atoms with Gasteiger partial charge in [-0.15, -0.1) is 0 Å². The Balaban J connectivity index is 2.75. The van der Waals surface area contributed by atoms with E-state index in [1.165, 1.54) is 0 Å². The number of aryl methyl sites for hydroxylation is 2. The van der Waals surface area contributed by atoms with Gasteiger partial charge in [-0.3, -0.25) is 0 Å². The van der Waals surface area contributed by atoms with Crippen LogP contribution in [0.5, 0.6) is 0 Å². The summed E-state index contributed by atoms with van der Waals surface area (Å²) < 4.78 is 23.8. The zero-order chi connectivity index (χ0) is 11.2. The molecule has 2 rings (SSSR count). The summed E-state index contributed by atoms with van der Waals surface area (Å²) in [5.74, 6) is 0.184. The van der Waals surface area contributed by atoms with E-state index in [0.717, 1.165) is 16.7 Å². The lowest BCUT2D eigenvalue weighted by molar-refractivity contribution is 0.591. The fourth-order valence-electron chi connectivity index (χ4n) is 2.30. The number of fused-ring (bicyclic) bond motifs is 1. The monoisotopic (exact) mass is 225 g/mol. The largest absolute Gasteiger partial charge is 0.312 e. The van der Waals surface area contributed by atoms with Crippen LogP contribution in [0.1, 0.15) is 22.7 Å². The van der Waals surface area contributed by atoms with Crippen LogP contribution in [-0.4, -0.2) is 21.2 Å². The lowest BCUT2D eigenvalue weighted by atomic mass is 10.0. The summed E-state index contributed by atoms with van der Waals surface area (Å²) in [6.45, 7) is 3.85. The SMILES string of the molecule is CNC1CS(=O)(=O)c2c(C)cc(C)cc21. The molecule has 0 saturated carbocycles. The van der Waals surface area contributed by atoms with E-state index in [1.807, 2.05) is 26.0 Å². The molecule has 0 radical (unpaired) electrons. The van der Waals surface area contributed by atoms with Crippen molar-refractivity contribution in [3.8, 4) is 0 Å². The van der Waals surface area contributed by atoms with Crippen molar-refractivity contribution in [2.45, 2.75) is 24.8 Å². The van der Waals surface area contributed by atoms with Crippen LogP contribution >= 0.6 is 0 Å². The maximum atomic E-state index is 11.9. The van der Waals surface area contributed by atoms with Crippen LogP contribution in [0.2, 0.25) is 0 Å². The van der Waals surface area contributed by atoms with Crippen molar-refractivity contribution in [2.75, 3.05) is 12.8 Å². The van der Waals surface area contributed by atoms with Gasteiger partial charge in [0, 0.05) is 6.04 Å². The van der Waals surface area contributed by atoms with E-state index >= 15 is 0 Å². The van der Waals surface area contributed by atoms with Crippen molar-refractivity contribution in [3.05, 3.63) is 28.8 Å². The van der Waals surface area contributed by atoms with Gasteiger partial charge in [0.1, 0.15) is 0 Å². The van der Waals surface area contributed by atoms with Crippen LogP contribution in [-0.2, 0) is 9.84 Å². The third kappa shape index (κ3) is 1.58. The Morgan fingerprint density at radius 3 is 2.60 bits per heavy atom. The van der Waals surface area contributed by atoms with Gasteiger partial charge in [-0.1, -0.05) is 17.7 Å². The highest BCUT2D eigenvalue weighted by Gasteiger charge is 2.35. The zero-order valence-corrected chi connectivity index (χ0v) is 9.98. The summed E-state index contributed by atoms with van der Waals surface area (Å²) in [5, 5.41) is 3.05. The Kier molecular flexibility index (Phi) is 2.35. The lowest BCUT2D eigenvalue weighted by Crippen LogP contribution is -2.17.